The molecule has 3 aromatic heterocycles. The number of nitrogens with one attached hydrogen (secondary N) is 2. The summed E-state index contributed by atoms with van der Waals surface area (Å²) in [5.41, 5.74) is 3.54. The maximum atomic E-state index is 5.41. The van der Waals surface area contributed by atoms with E-state index in [9.17, 15) is 0 Å². The lowest BCUT2D eigenvalue weighted by molar-refractivity contribution is -0.896. The van der Waals surface area contributed by atoms with Crippen LogP contribution in [0.3, 0.4) is 0 Å². The number of hydrogen-bond donors (Lipinski definition) is 2. The zero-order valence-electron chi connectivity index (χ0n) is 16.3. The van der Waals surface area contributed by atoms with Gasteiger partial charge in [-0.2, -0.15) is 0 Å². The molecule has 0 saturated heterocycles. The van der Waals surface area contributed by atoms with E-state index < -0.39 is 0 Å². The standard InChI is InChI=1S/C20H29N5O/c1-5-24(6-2)10-8-11-25-16(4)15(3)18-19(22-14-23-20(18)25)21-13-17-9-7-12-26-17/h7,9,12,14H,5-6,8,10-11,13H2,1-4H3,(H,21,22,23)/p+1. The van der Waals surface area contributed by atoms with Gasteiger partial charge in [0.2, 0.25) is 0 Å². The maximum Gasteiger partial charge on any atom is 0.145 e. The van der Waals surface area contributed by atoms with Crippen molar-refractivity contribution >= 4 is 16.9 Å². The van der Waals surface area contributed by atoms with E-state index in [-0.39, 0.29) is 0 Å². The lowest BCUT2D eigenvalue weighted by Gasteiger charge is -2.16. The lowest BCUT2D eigenvalue weighted by atomic mass is 10.2. The van der Waals surface area contributed by atoms with Gasteiger partial charge in [0.25, 0.3) is 0 Å². The van der Waals surface area contributed by atoms with Crippen molar-refractivity contribution in [3.8, 4) is 0 Å². The van der Waals surface area contributed by atoms with E-state index in [1.54, 1.807) is 17.5 Å². The lowest BCUT2D eigenvalue weighted by Crippen LogP contribution is -3.11. The van der Waals surface area contributed by atoms with Crippen molar-refractivity contribution in [3.05, 3.63) is 41.7 Å². The fraction of sp³-hybridized carbons (Fsp3) is 0.500. The summed E-state index contributed by atoms with van der Waals surface area (Å²) in [4.78, 5) is 10.7. The SMILES string of the molecule is CC[NH+](CC)CCCn1c(C)c(C)c2c(NCc3ccco3)ncnc21. The van der Waals surface area contributed by atoms with E-state index in [0.717, 1.165) is 35.6 Å². The molecule has 0 aromatic carbocycles. The van der Waals surface area contributed by atoms with Crippen LogP contribution in [-0.4, -0.2) is 34.2 Å². The van der Waals surface area contributed by atoms with Crippen molar-refractivity contribution in [2.45, 2.75) is 47.2 Å². The summed E-state index contributed by atoms with van der Waals surface area (Å²) in [5.74, 6) is 1.77. The number of fused-ring (bicyclic) bond motifs is 1. The van der Waals surface area contributed by atoms with Crippen LogP contribution in [0.15, 0.2) is 29.1 Å². The van der Waals surface area contributed by atoms with Crippen molar-refractivity contribution in [1.29, 1.82) is 0 Å². The number of aryl methyl sites for hydroxylation is 2. The molecule has 2 N–H and O–H groups in total. The molecule has 6 nitrogen and oxygen atoms in total. The second-order valence-corrected chi connectivity index (χ2v) is 6.78. The van der Waals surface area contributed by atoms with Crippen LogP contribution in [0, 0.1) is 13.8 Å². The minimum atomic E-state index is 0.619. The molecule has 0 spiro atoms. The molecule has 0 aliphatic heterocycles. The predicted octanol–water partition coefficient (Wildman–Crippen LogP) is 2.57. The first-order chi connectivity index (χ1) is 12.7. The number of anilines is 1. The molecule has 26 heavy (non-hydrogen) atoms. The van der Waals surface area contributed by atoms with Gasteiger partial charge in [-0.3, -0.25) is 0 Å². The molecule has 0 radical (unpaired) electrons. The van der Waals surface area contributed by atoms with Crippen LogP contribution in [0.1, 0.15) is 37.3 Å². The Morgan fingerprint density at radius 2 is 2.00 bits per heavy atom. The average Bonchev–Trinajstić information content (AvgIpc) is 3.26. The van der Waals surface area contributed by atoms with Gasteiger partial charge in [0, 0.05) is 18.7 Å². The van der Waals surface area contributed by atoms with Crippen LogP contribution in [0.25, 0.3) is 11.0 Å². The molecule has 0 bridgehead atoms. The second kappa shape index (κ2) is 8.36. The first-order valence-corrected chi connectivity index (χ1v) is 9.55. The van der Waals surface area contributed by atoms with Crippen molar-refractivity contribution in [1.82, 2.24) is 14.5 Å². The van der Waals surface area contributed by atoms with E-state index in [2.05, 4.69) is 47.5 Å². The average molecular weight is 356 g/mol. The zero-order valence-corrected chi connectivity index (χ0v) is 16.3. The van der Waals surface area contributed by atoms with E-state index in [4.69, 9.17) is 4.42 Å². The first kappa shape index (κ1) is 18.5. The molecule has 0 aliphatic rings. The highest BCUT2D eigenvalue weighted by Gasteiger charge is 2.16. The van der Waals surface area contributed by atoms with Gasteiger partial charge in [-0.05, 0) is 45.4 Å². The fourth-order valence-electron chi connectivity index (χ4n) is 3.55. The minimum absolute atomic E-state index is 0.619. The number of furan rings is 1. The van der Waals surface area contributed by atoms with Gasteiger partial charge in [0.05, 0.1) is 37.8 Å². The van der Waals surface area contributed by atoms with Crippen molar-refractivity contribution in [2.75, 3.05) is 25.0 Å². The number of hydrogen-bond acceptors (Lipinski definition) is 4. The summed E-state index contributed by atoms with van der Waals surface area (Å²) in [6.45, 7) is 14.0. The Hall–Kier alpha value is -2.34. The van der Waals surface area contributed by atoms with Gasteiger partial charge in [-0.1, -0.05) is 0 Å². The monoisotopic (exact) mass is 356 g/mol. The Morgan fingerprint density at radius 3 is 2.69 bits per heavy atom. The molecule has 140 valence electrons. The second-order valence-electron chi connectivity index (χ2n) is 6.78. The van der Waals surface area contributed by atoms with Crippen LogP contribution < -0.4 is 10.2 Å². The summed E-state index contributed by atoms with van der Waals surface area (Å²) in [6.07, 6.45) is 4.49. The third-order valence-corrected chi connectivity index (χ3v) is 5.33. The van der Waals surface area contributed by atoms with Crippen LogP contribution in [0.2, 0.25) is 0 Å². The van der Waals surface area contributed by atoms with Crippen molar-refractivity contribution in [2.24, 2.45) is 0 Å². The Bertz CT molecular complexity index is 834. The number of nitrogens with zero attached hydrogens (tertiary/aromatic N) is 3. The molecule has 0 unspecified atom stereocenters. The molecular weight excluding hydrogens is 326 g/mol. The quantitative estimate of drug-likeness (QED) is 0.619. The summed E-state index contributed by atoms with van der Waals surface area (Å²) >= 11 is 0. The van der Waals surface area contributed by atoms with Crippen LogP contribution in [-0.2, 0) is 13.1 Å². The summed E-state index contributed by atoms with van der Waals surface area (Å²) in [5, 5.41) is 4.52. The van der Waals surface area contributed by atoms with Crippen molar-refractivity contribution < 1.29 is 9.32 Å². The smallest absolute Gasteiger partial charge is 0.145 e. The third-order valence-electron chi connectivity index (χ3n) is 5.33. The van der Waals surface area contributed by atoms with E-state index in [0.29, 0.717) is 6.54 Å². The largest absolute Gasteiger partial charge is 0.467 e. The van der Waals surface area contributed by atoms with Gasteiger partial charge >= 0.3 is 0 Å². The molecule has 3 rings (SSSR count). The maximum absolute atomic E-state index is 5.41. The molecule has 3 aromatic rings. The zero-order chi connectivity index (χ0) is 18.5. The van der Waals surface area contributed by atoms with E-state index >= 15 is 0 Å². The van der Waals surface area contributed by atoms with E-state index in [1.807, 2.05) is 12.1 Å². The Labute approximate surface area is 155 Å². The van der Waals surface area contributed by atoms with Crippen LogP contribution >= 0.6 is 0 Å². The summed E-state index contributed by atoms with van der Waals surface area (Å²) in [6, 6.07) is 3.86. The number of rotatable bonds is 9. The van der Waals surface area contributed by atoms with Gasteiger partial charge in [0.1, 0.15) is 23.6 Å². The predicted molar refractivity (Wildman–Crippen MR) is 105 cm³/mol. The first-order valence-electron chi connectivity index (χ1n) is 9.55. The molecule has 3 heterocycles. The van der Waals surface area contributed by atoms with Crippen molar-refractivity contribution in [3.63, 3.8) is 0 Å². The summed E-state index contributed by atoms with van der Waals surface area (Å²) in [7, 11) is 0. The highest BCUT2D eigenvalue weighted by molar-refractivity contribution is 5.91. The molecule has 0 aliphatic carbocycles. The topological polar surface area (TPSA) is 60.3 Å². The van der Waals surface area contributed by atoms with Gasteiger partial charge < -0.3 is 19.2 Å². The van der Waals surface area contributed by atoms with Gasteiger partial charge in [0.15, 0.2) is 0 Å². The van der Waals surface area contributed by atoms with E-state index in [1.165, 1.54) is 30.9 Å². The number of quaternary nitrogens is 1. The number of aromatic nitrogens is 3. The highest BCUT2D eigenvalue weighted by Crippen LogP contribution is 2.29. The molecule has 0 fully saturated rings. The van der Waals surface area contributed by atoms with Gasteiger partial charge in [-0.15, -0.1) is 0 Å². The molecule has 0 atom stereocenters. The molecular formula is C20H30N5O+. The van der Waals surface area contributed by atoms with Crippen LogP contribution in [0.4, 0.5) is 5.82 Å². The Kier molecular flexibility index (Phi) is 5.93. The Morgan fingerprint density at radius 1 is 1.19 bits per heavy atom. The summed E-state index contributed by atoms with van der Waals surface area (Å²) < 4.78 is 7.75. The normalized spacial score (nSPS) is 11.6. The molecule has 6 heteroatoms. The minimum Gasteiger partial charge on any atom is -0.467 e. The van der Waals surface area contributed by atoms with Gasteiger partial charge in [-0.25, -0.2) is 9.97 Å². The molecule has 0 amide bonds. The third kappa shape index (κ3) is 3.75. The molecule has 0 saturated carbocycles. The highest BCUT2D eigenvalue weighted by atomic mass is 16.3. The Balaban J connectivity index is 1.81. The van der Waals surface area contributed by atoms with Crippen LogP contribution in [0.5, 0.6) is 0 Å². The fourth-order valence-corrected chi connectivity index (χ4v) is 3.55.